The van der Waals surface area contributed by atoms with Gasteiger partial charge in [-0.25, -0.2) is 4.57 Å². The molecule has 2 aromatic carbocycles. The van der Waals surface area contributed by atoms with Gasteiger partial charge in [-0.2, -0.15) is 12.6 Å². The molecule has 0 bridgehead atoms. The molecule has 0 fully saturated rings. The van der Waals surface area contributed by atoms with E-state index in [0.29, 0.717) is 5.56 Å². The number of phenols is 1. The Morgan fingerprint density at radius 3 is 2.38 bits per heavy atom. The first-order valence-electron chi connectivity index (χ1n) is 10.4. The van der Waals surface area contributed by atoms with Crippen molar-refractivity contribution >= 4 is 35.9 Å². The number of aryl methyl sites for hydroxylation is 1. The van der Waals surface area contributed by atoms with Crippen molar-refractivity contribution in [2.24, 2.45) is 7.05 Å². The molecule has 0 unspecified atom stereocenters. The third kappa shape index (κ3) is 5.73. The third-order valence-corrected chi connectivity index (χ3v) is 5.57. The molecule has 0 radical (unpaired) electrons. The van der Waals surface area contributed by atoms with Crippen LogP contribution in [-0.2, 0) is 29.7 Å². The monoisotopic (exact) mass is 485 g/mol. The van der Waals surface area contributed by atoms with E-state index in [1.54, 1.807) is 23.1 Å². The highest BCUT2D eigenvalue weighted by molar-refractivity contribution is 7.80. The number of aliphatic carboxylic acids is 1. The number of hydrogen-bond acceptors (Lipinski definition) is 8. The fourth-order valence-corrected chi connectivity index (χ4v) is 3.65. The van der Waals surface area contributed by atoms with E-state index in [2.05, 4.69) is 23.3 Å². The summed E-state index contributed by atoms with van der Waals surface area (Å²) >= 11 is 4.12. The Bertz CT molecular complexity index is 1250. The number of hydrogen-bond donors (Lipinski definition) is 5. The number of carboxylic acid groups (broad SMARTS) is 1. The normalized spacial score (nSPS) is 11.7. The van der Waals surface area contributed by atoms with Crippen LogP contribution in [0.3, 0.4) is 0 Å². The number of aromatic hydroxyl groups is 1. The maximum Gasteiger partial charge on any atom is 0.322 e. The van der Waals surface area contributed by atoms with Crippen molar-refractivity contribution in [2.45, 2.75) is 19.1 Å². The fraction of sp³-hybridized carbons (Fsp3) is 0.261. The number of rotatable bonds is 11. The van der Waals surface area contributed by atoms with Crippen molar-refractivity contribution < 1.29 is 24.4 Å². The number of nitrogens with one attached hydrogen (secondary N) is 2. The minimum Gasteiger partial charge on any atom is -0.508 e. The summed E-state index contributed by atoms with van der Waals surface area (Å²) in [5.41, 5.74) is -0.0611. The van der Waals surface area contributed by atoms with Crippen LogP contribution < -0.4 is 31.0 Å². The SMILES string of the molecule is C[n+]1ccc(CN(Cc2ccccc2O)c2c(N[C@@H](CS)C(=O)NCC(=O)O)c(=O)c2=O)cc1. The zero-order valence-electron chi connectivity index (χ0n) is 18.4. The standard InChI is InChI=1S/C23H24N4O6S/c1-26-8-6-14(7-9-26)11-27(12-15-4-2-3-5-17(15)28)20-19(21(31)22(20)32)25-16(13-34)23(33)24-10-18(29)30/h2-9,16H,10-13H2,1H3,(H4-,24,25,28,29,30,32,33,34)/p+1/t16-/m0/s1. The van der Waals surface area contributed by atoms with Crippen LogP contribution in [0.5, 0.6) is 5.75 Å². The smallest absolute Gasteiger partial charge is 0.322 e. The van der Waals surface area contributed by atoms with E-state index in [4.69, 9.17) is 5.11 Å². The number of amides is 1. The first-order chi connectivity index (χ1) is 16.2. The van der Waals surface area contributed by atoms with Crippen LogP contribution in [0, 0.1) is 0 Å². The van der Waals surface area contributed by atoms with Gasteiger partial charge in [0.1, 0.15) is 36.8 Å². The molecule has 0 aliphatic rings. The van der Waals surface area contributed by atoms with E-state index in [0.717, 1.165) is 5.56 Å². The van der Waals surface area contributed by atoms with E-state index < -0.39 is 35.3 Å². The molecular formula is C23H25N4O6S+. The number of aromatic nitrogens is 1. The number of phenolic OH excluding ortho intramolecular Hbond substituents is 1. The van der Waals surface area contributed by atoms with Crippen molar-refractivity contribution in [2.75, 3.05) is 22.5 Å². The Kier molecular flexibility index (Phi) is 7.90. The van der Waals surface area contributed by atoms with E-state index >= 15 is 0 Å². The van der Waals surface area contributed by atoms with Crippen molar-refractivity contribution in [3.05, 3.63) is 80.4 Å². The zero-order valence-corrected chi connectivity index (χ0v) is 19.3. The minimum absolute atomic E-state index is 0.0430. The zero-order chi connectivity index (χ0) is 24.8. The molecule has 1 amide bonds. The Morgan fingerprint density at radius 2 is 1.76 bits per heavy atom. The summed E-state index contributed by atoms with van der Waals surface area (Å²) in [4.78, 5) is 49.8. The van der Waals surface area contributed by atoms with Gasteiger partial charge in [0.2, 0.25) is 5.91 Å². The molecule has 1 atom stereocenters. The lowest BCUT2D eigenvalue weighted by molar-refractivity contribution is -0.671. The van der Waals surface area contributed by atoms with Crippen molar-refractivity contribution in [3.8, 4) is 5.75 Å². The van der Waals surface area contributed by atoms with Crippen molar-refractivity contribution in [1.82, 2.24) is 5.32 Å². The van der Waals surface area contributed by atoms with Gasteiger partial charge in [-0.05, 0) is 11.6 Å². The minimum atomic E-state index is -1.22. The van der Waals surface area contributed by atoms with Crippen molar-refractivity contribution in [1.29, 1.82) is 0 Å². The van der Waals surface area contributed by atoms with E-state index in [-0.39, 0.29) is 36.0 Å². The molecule has 1 heterocycles. The molecule has 11 heteroatoms. The number of carboxylic acids is 1. The molecule has 0 saturated carbocycles. The number of carbonyl (C=O) groups excluding carboxylic acids is 1. The predicted octanol–water partition coefficient (Wildman–Crippen LogP) is -0.0694. The largest absolute Gasteiger partial charge is 0.508 e. The second-order valence-electron chi connectivity index (χ2n) is 7.73. The van der Waals surface area contributed by atoms with Crippen LogP contribution in [0.15, 0.2) is 58.4 Å². The molecule has 1 aromatic heterocycles. The number of anilines is 2. The Morgan fingerprint density at radius 1 is 1.09 bits per heavy atom. The average molecular weight is 486 g/mol. The van der Waals surface area contributed by atoms with Crippen LogP contribution >= 0.6 is 12.6 Å². The Hall–Kier alpha value is -3.86. The van der Waals surface area contributed by atoms with Crippen LogP contribution in [-0.4, -0.2) is 40.4 Å². The Labute approximate surface area is 200 Å². The maximum atomic E-state index is 12.6. The second-order valence-corrected chi connectivity index (χ2v) is 8.09. The Balaban J connectivity index is 1.93. The van der Waals surface area contributed by atoms with Crippen LogP contribution in [0.1, 0.15) is 11.1 Å². The summed E-state index contributed by atoms with van der Waals surface area (Å²) in [6.07, 6.45) is 3.69. The molecule has 3 aromatic rings. The fourth-order valence-electron chi connectivity index (χ4n) is 3.39. The maximum absolute atomic E-state index is 12.6. The van der Waals surface area contributed by atoms with Gasteiger partial charge in [-0.1, -0.05) is 18.2 Å². The highest BCUT2D eigenvalue weighted by Gasteiger charge is 2.30. The lowest BCUT2D eigenvalue weighted by atomic mass is 10.1. The molecule has 178 valence electrons. The summed E-state index contributed by atoms with van der Waals surface area (Å²) in [7, 11) is 1.87. The van der Waals surface area contributed by atoms with Gasteiger partial charge >= 0.3 is 5.97 Å². The number of benzene rings is 1. The third-order valence-electron chi connectivity index (χ3n) is 5.21. The van der Waals surface area contributed by atoms with E-state index in [9.17, 15) is 24.3 Å². The summed E-state index contributed by atoms with van der Waals surface area (Å²) < 4.78 is 1.86. The molecule has 10 nitrogen and oxygen atoms in total. The first-order valence-corrected chi connectivity index (χ1v) is 11.0. The number of carbonyl (C=O) groups is 2. The number of thiol groups is 1. The first kappa shape index (κ1) is 24.8. The molecule has 0 aliphatic carbocycles. The van der Waals surface area contributed by atoms with Gasteiger partial charge in [0.25, 0.3) is 10.9 Å². The molecule has 4 N–H and O–H groups in total. The lowest BCUT2D eigenvalue weighted by Crippen LogP contribution is -2.48. The van der Waals surface area contributed by atoms with E-state index in [1.165, 1.54) is 6.07 Å². The molecule has 0 spiro atoms. The van der Waals surface area contributed by atoms with Gasteiger partial charge in [0, 0.05) is 36.5 Å². The molecule has 0 saturated heterocycles. The average Bonchev–Trinajstić information content (AvgIpc) is 2.82. The van der Waals surface area contributed by atoms with Crippen LogP contribution in [0.2, 0.25) is 0 Å². The summed E-state index contributed by atoms with van der Waals surface area (Å²) in [6.45, 7) is -0.205. The van der Waals surface area contributed by atoms with Crippen LogP contribution in [0.4, 0.5) is 11.4 Å². The van der Waals surface area contributed by atoms with Gasteiger partial charge in [-0.15, -0.1) is 0 Å². The molecular weight excluding hydrogens is 460 g/mol. The van der Waals surface area contributed by atoms with Gasteiger partial charge in [-0.3, -0.25) is 19.2 Å². The van der Waals surface area contributed by atoms with Gasteiger partial charge in [0.05, 0.1) is 0 Å². The van der Waals surface area contributed by atoms with E-state index in [1.807, 2.05) is 36.1 Å². The number of nitrogens with zero attached hydrogens (tertiary/aromatic N) is 2. The summed E-state index contributed by atoms with van der Waals surface area (Å²) in [5, 5.41) is 24.0. The van der Waals surface area contributed by atoms with Crippen LogP contribution in [0.25, 0.3) is 0 Å². The molecule has 3 rings (SSSR count). The number of pyridine rings is 1. The van der Waals surface area contributed by atoms with Crippen molar-refractivity contribution in [3.63, 3.8) is 0 Å². The molecule has 34 heavy (non-hydrogen) atoms. The van der Waals surface area contributed by atoms with Gasteiger partial charge in [0.15, 0.2) is 12.4 Å². The summed E-state index contributed by atoms with van der Waals surface area (Å²) in [6, 6.07) is 9.37. The predicted molar refractivity (Wildman–Crippen MR) is 129 cm³/mol. The molecule has 0 aliphatic heterocycles. The topological polar surface area (TPSA) is 140 Å². The lowest BCUT2D eigenvalue weighted by Gasteiger charge is -2.29. The highest BCUT2D eigenvalue weighted by atomic mass is 32.1. The second kappa shape index (κ2) is 10.8. The quantitative estimate of drug-likeness (QED) is 0.145. The van der Waals surface area contributed by atoms with Gasteiger partial charge < -0.3 is 25.7 Å². The number of para-hydroxylation sites is 1. The highest BCUT2D eigenvalue weighted by Crippen LogP contribution is 2.27. The summed E-state index contributed by atoms with van der Waals surface area (Å²) in [5.74, 6) is -1.88.